The molecule has 0 aliphatic carbocycles. The summed E-state index contributed by atoms with van der Waals surface area (Å²) in [6, 6.07) is 8.41. The molecule has 0 radical (unpaired) electrons. The predicted molar refractivity (Wildman–Crippen MR) is 65.0 cm³/mol. The van der Waals surface area contributed by atoms with Crippen molar-refractivity contribution >= 4 is 11.0 Å². The molecule has 86 valence electrons. The van der Waals surface area contributed by atoms with Crippen molar-refractivity contribution in [3.8, 4) is 11.8 Å². The lowest BCUT2D eigenvalue weighted by atomic mass is 10.2. The van der Waals surface area contributed by atoms with E-state index in [9.17, 15) is 4.79 Å². The van der Waals surface area contributed by atoms with E-state index in [0.29, 0.717) is 22.5 Å². The highest BCUT2D eigenvalue weighted by Crippen LogP contribution is 2.10. The van der Waals surface area contributed by atoms with Gasteiger partial charge in [-0.15, -0.1) is 0 Å². The molecule has 4 heteroatoms. The van der Waals surface area contributed by atoms with Gasteiger partial charge in [-0.1, -0.05) is 12.1 Å². The molecular weight excluding hydrogens is 230 g/mol. The summed E-state index contributed by atoms with van der Waals surface area (Å²) < 4.78 is 10.5. The molecule has 0 aliphatic heterocycles. The van der Waals surface area contributed by atoms with Gasteiger partial charge in [-0.2, -0.15) is 0 Å². The second kappa shape index (κ2) is 4.22. The van der Waals surface area contributed by atoms with Gasteiger partial charge in [-0.05, 0) is 24.0 Å². The monoisotopic (exact) mass is 237 g/mol. The Hall–Kier alpha value is -2.80. The Labute approximate surface area is 102 Å². The van der Waals surface area contributed by atoms with Crippen molar-refractivity contribution in [1.29, 1.82) is 0 Å². The van der Waals surface area contributed by atoms with E-state index in [1.165, 1.54) is 18.7 Å². The van der Waals surface area contributed by atoms with E-state index in [1.54, 1.807) is 24.3 Å². The largest absolute Gasteiger partial charge is 0.447 e. The van der Waals surface area contributed by atoms with E-state index in [1.807, 2.05) is 0 Å². The maximum absolute atomic E-state index is 11.8. The third kappa shape index (κ3) is 1.89. The third-order valence-corrected chi connectivity index (χ3v) is 2.38. The number of nitrogens with zero attached hydrogens (tertiary/aromatic N) is 1. The van der Waals surface area contributed by atoms with Crippen LogP contribution in [0.5, 0.6) is 0 Å². The van der Waals surface area contributed by atoms with Gasteiger partial charge in [0.2, 0.25) is 0 Å². The van der Waals surface area contributed by atoms with Crippen molar-refractivity contribution in [2.75, 3.05) is 0 Å². The van der Waals surface area contributed by atoms with E-state index >= 15 is 0 Å². The summed E-state index contributed by atoms with van der Waals surface area (Å²) >= 11 is 0. The minimum Gasteiger partial charge on any atom is -0.447 e. The van der Waals surface area contributed by atoms with Gasteiger partial charge in [-0.25, -0.2) is 4.98 Å². The average Bonchev–Trinajstić information content (AvgIpc) is 2.90. The zero-order valence-electron chi connectivity index (χ0n) is 9.21. The van der Waals surface area contributed by atoms with E-state index in [-0.39, 0.29) is 5.43 Å². The number of aromatic nitrogens is 1. The van der Waals surface area contributed by atoms with Gasteiger partial charge in [0.15, 0.2) is 23.3 Å². The van der Waals surface area contributed by atoms with Gasteiger partial charge < -0.3 is 8.83 Å². The van der Waals surface area contributed by atoms with Crippen LogP contribution in [-0.4, -0.2) is 4.98 Å². The van der Waals surface area contributed by atoms with Crippen molar-refractivity contribution in [2.24, 2.45) is 0 Å². The topological polar surface area (TPSA) is 56.2 Å². The van der Waals surface area contributed by atoms with Crippen LogP contribution in [-0.2, 0) is 0 Å². The van der Waals surface area contributed by atoms with Gasteiger partial charge in [-0.3, -0.25) is 4.79 Å². The smallest absolute Gasteiger partial charge is 0.197 e. The van der Waals surface area contributed by atoms with Gasteiger partial charge >= 0.3 is 0 Å². The summed E-state index contributed by atoms with van der Waals surface area (Å²) in [6.07, 6.45) is 2.78. The molecule has 18 heavy (non-hydrogen) atoms. The molecule has 0 spiro atoms. The summed E-state index contributed by atoms with van der Waals surface area (Å²) in [6.45, 7) is 0. The molecule has 0 unspecified atom stereocenters. The number of rotatable bonds is 0. The maximum Gasteiger partial charge on any atom is 0.197 e. The molecule has 4 nitrogen and oxygen atoms in total. The van der Waals surface area contributed by atoms with Gasteiger partial charge in [0.1, 0.15) is 5.58 Å². The highest BCUT2D eigenvalue weighted by atomic mass is 16.3. The number of hydrogen-bond donors (Lipinski definition) is 0. The summed E-state index contributed by atoms with van der Waals surface area (Å²) in [7, 11) is 0. The molecule has 3 rings (SSSR count). The van der Waals surface area contributed by atoms with Crippen LogP contribution in [0.3, 0.4) is 0 Å². The summed E-state index contributed by atoms with van der Waals surface area (Å²) in [5, 5.41) is 0.544. The van der Waals surface area contributed by atoms with Crippen LogP contribution < -0.4 is 5.43 Å². The summed E-state index contributed by atoms with van der Waals surface area (Å²) in [5.41, 5.74) is 0.408. The van der Waals surface area contributed by atoms with E-state index in [2.05, 4.69) is 16.8 Å². The Bertz CT molecular complexity index is 804. The minimum atomic E-state index is -0.112. The number of hydrogen-bond acceptors (Lipinski definition) is 4. The fourth-order valence-corrected chi connectivity index (χ4v) is 1.57. The van der Waals surface area contributed by atoms with Crippen LogP contribution in [0.25, 0.3) is 11.0 Å². The number of fused-ring (bicyclic) bond motifs is 1. The first-order valence-corrected chi connectivity index (χ1v) is 5.26. The summed E-state index contributed by atoms with van der Waals surface area (Å²) in [5.74, 6) is 6.17. The molecule has 2 aromatic heterocycles. The first-order valence-electron chi connectivity index (χ1n) is 5.26. The molecule has 0 N–H and O–H groups in total. The van der Waals surface area contributed by atoms with Crippen LogP contribution in [0, 0.1) is 11.8 Å². The van der Waals surface area contributed by atoms with E-state index in [0.717, 1.165) is 0 Å². The molecule has 0 atom stereocenters. The molecule has 0 saturated carbocycles. The van der Waals surface area contributed by atoms with E-state index in [4.69, 9.17) is 8.83 Å². The second-order valence-corrected chi connectivity index (χ2v) is 3.59. The normalized spacial score (nSPS) is 10.0. The third-order valence-electron chi connectivity index (χ3n) is 2.38. The van der Waals surface area contributed by atoms with Crippen LogP contribution in [0.2, 0.25) is 0 Å². The molecule has 2 heterocycles. The van der Waals surface area contributed by atoms with Crippen LogP contribution in [0.15, 0.2) is 56.6 Å². The van der Waals surface area contributed by atoms with Crippen molar-refractivity contribution in [3.05, 3.63) is 64.7 Å². The Kier molecular flexibility index (Phi) is 2.43. The Balaban J connectivity index is 2.11. The Morgan fingerprint density at radius 1 is 1.11 bits per heavy atom. The second-order valence-electron chi connectivity index (χ2n) is 3.59. The zero-order valence-corrected chi connectivity index (χ0v) is 9.21. The SMILES string of the molecule is O=c1cc(C#Cc2cnco2)oc2ccccc12. The first-order chi connectivity index (χ1) is 8.83. The average molecular weight is 237 g/mol. The molecule has 0 amide bonds. The minimum absolute atomic E-state index is 0.112. The maximum atomic E-state index is 11.8. The van der Waals surface area contributed by atoms with Crippen LogP contribution >= 0.6 is 0 Å². The predicted octanol–water partition coefficient (Wildman–Crippen LogP) is 2.18. The van der Waals surface area contributed by atoms with Crippen molar-refractivity contribution in [2.45, 2.75) is 0 Å². The van der Waals surface area contributed by atoms with Crippen molar-refractivity contribution in [1.82, 2.24) is 4.98 Å². The molecule has 3 aromatic rings. The summed E-state index contributed by atoms with van der Waals surface area (Å²) in [4.78, 5) is 15.5. The molecule has 0 aliphatic rings. The number of benzene rings is 1. The molecule has 0 saturated heterocycles. The lowest BCUT2D eigenvalue weighted by molar-refractivity contribution is 0.545. The van der Waals surface area contributed by atoms with Crippen LogP contribution in [0.1, 0.15) is 11.5 Å². The molecular formula is C14H7NO3. The lowest BCUT2D eigenvalue weighted by Crippen LogP contribution is -1.99. The highest BCUT2D eigenvalue weighted by Gasteiger charge is 2.01. The highest BCUT2D eigenvalue weighted by molar-refractivity contribution is 5.76. The van der Waals surface area contributed by atoms with Crippen molar-refractivity contribution in [3.63, 3.8) is 0 Å². The first kappa shape index (κ1) is 10.4. The quantitative estimate of drug-likeness (QED) is 0.562. The zero-order chi connectivity index (χ0) is 12.4. The molecule has 1 aromatic carbocycles. The van der Waals surface area contributed by atoms with Gasteiger partial charge in [0.05, 0.1) is 11.6 Å². The fraction of sp³-hybridized carbons (Fsp3) is 0. The Morgan fingerprint density at radius 2 is 1.94 bits per heavy atom. The van der Waals surface area contributed by atoms with Crippen molar-refractivity contribution < 1.29 is 8.83 Å². The molecule has 0 bridgehead atoms. The van der Waals surface area contributed by atoms with E-state index < -0.39 is 0 Å². The number of para-hydroxylation sites is 1. The standard InChI is InChI=1S/C14H7NO3/c16-13-7-10(5-6-11-8-15-9-17-11)18-14-4-2-1-3-12(13)14/h1-4,7-9H. The molecule has 0 fully saturated rings. The Morgan fingerprint density at radius 3 is 2.78 bits per heavy atom. The van der Waals surface area contributed by atoms with Gasteiger partial charge in [0.25, 0.3) is 0 Å². The number of oxazole rings is 1. The van der Waals surface area contributed by atoms with Gasteiger partial charge in [0, 0.05) is 6.07 Å². The lowest BCUT2D eigenvalue weighted by Gasteiger charge is -1.95. The fourth-order valence-electron chi connectivity index (χ4n) is 1.57. The van der Waals surface area contributed by atoms with Crippen LogP contribution in [0.4, 0.5) is 0 Å².